The van der Waals surface area contributed by atoms with E-state index in [1.54, 1.807) is 19.2 Å². The quantitative estimate of drug-likeness (QED) is 0.525. The van der Waals surface area contributed by atoms with Gasteiger partial charge in [0.15, 0.2) is 5.69 Å². The molecule has 0 aliphatic rings. The summed E-state index contributed by atoms with van der Waals surface area (Å²) in [5.74, 6) is 0.0257. The van der Waals surface area contributed by atoms with Crippen LogP contribution >= 0.6 is 15.9 Å². The highest BCUT2D eigenvalue weighted by Gasteiger charge is 2.13. The van der Waals surface area contributed by atoms with Gasteiger partial charge in [0, 0.05) is 9.86 Å². The number of H-pyrrole nitrogens is 1. The third-order valence-electron chi connectivity index (χ3n) is 3.83. The van der Waals surface area contributed by atoms with E-state index >= 15 is 0 Å². The van der Waals surface area contributed by atoms with Gasteiger partial charge in [-0.15, -0.1) is 10.2 Å². The molecule has 26 heavy (non-hydrogen) atoms. The minimum absolute atomic E-state index is 0.0441. The van der Waals surface area contributed by atoms with Gasteiger partial charge >= 0.3 is 0 Å². The highest BCUT2D eigenvalue weighted by atomic mass is 79.9. The van der Waals surface area contributed by atoms with E-state index in [0.717, 1.165) is 10.0 Å². The SMILES string of the molecule is COc1ccccc1NCC(=O)N=Nc1c(O)[nH]c2cc(Br)c(C)cc12. The second-order valence-corrected chi connectivity index (χ2v) is 6.47. The smallest absolute Gasteiger partial charge is 0.283 e. The minimum atomic E-state index is -0.474. The van der Waals surface area contributed by atoms with Crippen molar-refractivity contribution in [2.75, 3.05) is 19.0 Å². The average molecular weight is 417 g/mol. The molecule has 1 heterocycles. The van der Waals surface area contributed by atoms with Crippen molar-refractivity contribution in [3.8, 4) is 11.6 Å². The fourth-order valence-electron chi connectivity index (χ4n) is 2.50. The number of methoxy groups -OCH3 is 1. The number of carbonyl (C=O) groups is 1. The van der Waals surface area contributed by atoms with Gasteiger partial charge in [-0.05, 0) is 36.8 Å². The summed E-state index contributed by atoms with van der Waals surface area (Å²) >= 11 is 3.44. The molecule has 3 aromatic rings. The number of nitrogens with zero attached hydrogens (tertiary/aromatic N) is 2. The van der Waals surface area contributed by atoms with Crippen molar-refractivity contribution >= 4 is 44.1 Å². The summed E-state index contributed by atoms with van der Waals surface area (Å²) in [5, 5.41) is 21.3. The van der Waals surface area contributed by atoms with Crippen LogP contribution in [0.25, 0.3) is 10.9 Å². The molecular formula is C18H17BrN4O3. The van der Waals surface area contributed by atoms with E-state index in [1.165, 1.54) is 0 Å². The average Bonchev–Trinajstić information content (AvgIpc) is 2.93. The molecule has 0 aliphatic heterocycles. The monoisotopic (exact) mass is 416 g/mol. The lowest BCUT2D eigenvalue weighted by atomic mass is 10.1. The molecule has 0 spiro atoms. The van der Waals surface area contributed by atoms with Crippen LogP contribution in [0.4, 0.5) is 11.4 Å². The number of fused-ring (bicyclic) bond motifs is 1. The first-order chi connectivity index (χ1) is 12.5. The molecular weight excluding hydrogens is 400 g/mol. The molecule has 7 nitrogen and oxygen atoms in total. The fourth-order valence-corrected chi connectivity index (χ4v) is 2.84. The molecule has 0 fully saturated rings. The van der Waals surface area contributed by atoms with Crippen LogP contribution in [-0.4, -0.2) is 29.7 Å². The number of carbonyl (C=O) groups excluding carboxylic acids is 1. The summed E-state index contributed by atoms with van der Waals surface area (Å²) < 4.78 is 6.12. The number of azo groups is 1. The zero-order valence-electron chi connectivity index (χ0n) is 14.2. The van der Waals surface area contributed by atoms with Crippen LogP contribution in [0.5, 0.6) is 11.6 Å². The molecule has 1 aromatic heterocycles. The number of halogens is 1. The fraction of sp³-hybridized carbons (Fsp3) is 0.167. The Morgan fingerprint density at radius 3 is 2.88 bits per heavy atom. The number of hydrogen-bond donors (Lipinski definition) is 3. The Hall–Kier alpha value is -2.87. The van der Waals surface area contributed by atoms with Crippen molar-refractivity contribution < 1.29 is 14.6 Å². The zero-order chi connectivity index (χ0) is 18.7. The lowest BCUT2D eigenvalue weighted by Crippen LogP contribution is -2.11. The van der Waals surface area contributed by atoms with Gasteiger partial charge in [0.2, 0.25) is 5.88 Å². The Bertz CT molecular complexity index is 998. The predicted molar refractivity (Wildman–Crippen MR) is 103 cm³/mol. The number of amides is 1. The van der Waals surface area contributed by atoms with Crippen LogP contribution in [-0.2, 0) is 4.79 Å². The predicted octanol–water partition coefficient (Wildman–Crippen LogP) is 4.68. The highest BCUT2D eigenvalue weighted by Crippen LogP contribution is 2.37. The molecule has 0 saturated heterocycles. The lowest BCUT2D eigenvalue weighted by molar-refractivity contribution is -0.116. The van der Waals surface area contributed by atoms with Gasteiger partial charge < -0.3 is 20.1 Å². The second kappa shape index (κ2) is 7.57. The van der Waals surface area contributed by atoms with Gasteiger partial charge in [0.05, 0.1) is 24.9 Å². The summed E-state index contributed by atoms with van der Waals surface area (Å²) in [7, 11) is 1.56. The largest absolute Gasteiger partial charge is 0.495 e. The molecule has 3 N–H and O–H groups in total. The number of anilines is 1. The van der Waals surface area contributed by atoms with Gasteiger partial charge in [-0.2, -0.15) is 0 Å². The standard InChI is InChI=1S/C18H17BrN4O3/c1-10-7-11-14(8-12(10)19)21-18(25)17(11)23-22-16(24)9-20-13-5-3-4-6-15(13)26-2/h3-8,20-21,25H,9H2,1-2H3. The number of benzene rings is 2. The Kier molecular flexibility index (Phi) is 5.22. The van der Waals surface area contributed by atoms with Crippen LogP contribution in [0, 0.1) is 6.92 Å². The summed E-state index contributed by atoms with van der Waals surface area (Å²) in [6.07, 6.45) is 0. The van der Waals surface area contributed by atoms with E-state index in [-0.39, 0.29) is 18.1 Å². The Balaban J connectivity index is 1.75. The first-order valence-electron chi connectivity index (χ1n) is 7.82. The van der Waals surface area contributed by atoms with Crippen LogP contribution in [0.15, 0.2) is 51.1 Å². The molecule has 0 atom stereocenters. The van der Waals surface area contributed by atoms with Crippen molar-refractivity contribution in [1.82, 2.24) is 4.98 Å². The Morgan fingerprint density at radius 1 is 1.35 bits per heavy atom. The number of nitrogens with one attached hydrogen (secondary N) is 2. The van der Waals surface area contributed by atoms with Gasteiger partial charge in [-0.3, -0.25) is 4.79 Å². The van der Waals surface area contributed by atoms with Gasteiger partial charge in [-0.25, -0.2) is 0 Å². The van der Waals surface area contributed by atoms with Crippen molar-refractivity contribution in [3.63, 3.8) is 0 Å². The van der Waals surface area contributed by atoms with Gasteiger partial charge in [-0.1, -0.05) is 28.1 Å². The molecule has 134 valence electrons. The number of aromatic nitrogens is 1. The molecule has 0 radical (unpaired) electrons. The number of aryl methyl sites for hydroxylation is 1. The van der Waals surface area contributed by atoms with Crippen molar-refractivity contribution in [1.29, 1.82) is 0 Å². The van der Waals surface area contributed by atoms with E-state index in [9.17, 15) is 9.90 Å². The molecule has 3 rings (SSSR count). The maximum Gasteiger partial charge on any atom is 0.283 e. The number of ether oxygens (including phenoxy) is 1. The maximum absolute atomic E-state index is 12.0. The first-order valence-corrected chi connectivity index (χ1v) is 8.61. The summed E-state index contributed by atoms with van der Waals surface area (Å²) in [4.78, 5) is 14.8. The molecule has 1 amide bonds. The first kappa shape index (κ1) is 17.9. The maximum atomic E-state index is 12.0. The van der Waals surface area contributed by atoms with E-state index in [0.29, 0.717) is 22.3 Å². The zero-order valence-corrected chi connectivity index (χ0v) is 15.8. The molecule has 0 unspecified atom stereocenters. The number of hydrogen-bond acceptors (Lipinski definition) is 5. The number of para-hydroxylation sites is 2. The van der Waals surface area contributed by atoms with Gasteiger partial charge in [0.25, 0.3) is 5.91 Å². The lowest BCUT2D eigenvalue weighted by Gasteiger charge is -2.08. The van der Waals surface area contributed by atoms with Crippen LogP contribution in [0.1, 0.15) is 5.56 Å². The van der Waals surface area contributed by atoms with Crippen LogP contribution in [0.3, 0.4) is 0 Å². The molecule has 2 aromatic carbocycles. The highest BCUT2D eigenvalue weighted by molar-refractivity contribution is 9.10. The van der Waals surface area contributed by atoms with Crippen molar-refractivity contribution in [2.45, 2.75) is 6.92 Å². The normalized spacial score (nSPS) is 11.2. The third-order valence-corrected chi connectivity index (χ3v) is 4.68. The molecule has 8 heteroatoms. The van der Waals surface area contributed by atoms with Crippen LogP contribution < -0.4 is 10.1 Å². The third kappa shape index (κ3) is 3.70. The number of rotatable bonds is 5. The van der Waals surface area contributed by atoms with E-state index < -0.39 is 5.91 Å². The van der Waals surface area contributed by atoms with E-state index in [2.05, 4.69) is 36.5 Å². The van der Waals surface area contributed by atoms with Crippen LogP contribution in [0.2, 0.25) is 0 Å². The van der Waals surface area contributed by atoms with Gasteiger partial charge in [0.1, 0.15) is 5.75 Å². The summed E-state index contributed by atoms with van der Waals surface area (Å²) in [6.45, 7) is 1.88. The van der Waals surface area contributed by atoms with Crippen molar-refractivity contribution in [3.05, 3.63) is 46.4 Å². The molecule has 0 aliphatic carbocycles. The van der Waals surface area contributed by atoms with Crippen molar-refractivity contribution in [2.24, 2.45) is 10.2 Å². The number of aromatic amines is 1. The van der Waals surface area contributed by atoms with E-state index in [1.807, 2.05) is 31.2 Å². The second-order valence-electron chi connectivity index (χ2n) is 5.62. The topological polar surface area (TPSA) is 99.1 Å². The molecule has 0 saturated carbocycles. The summed E-state index contributed by atoms with van der Waals surface area (Å²) in [5.41, 5.74) is 2.61. The molecule has 0 bridgehead atoms. The minimum Gasteiger partial charge on any atom is -0.495 e. The Morgan fingerprint density at radius 2 is 2.12 bits per heavy atom. The number of aromatic hydroxyl groups is 1. The van der Waals surface area contributed by atoms with E-state index in [4.69, 9.17) is 4.74 Å². The summed E-state index contributed by atoms with van der Waals surface area (Å²) in [6, 6.07) is 11.0. The Labute approximate surface area is 158 Å².